The molecule has 2 aromatic heterocycles. The molecule has 0 aliphatic rings. The molecule has 0 atom stereocenters. The Balaban J connectivity index is 1.79. The molecule has 0 aliphatic carbocycles. The van der Waals surface area contributed by atoms with Crippen molar-refractivity contribution in [1.82, 2.24) is 14.6 Å². The SMILES string of the molecule is COc1ccc2c(C)cc3nnc(SCc4ccc(F)cc4Br)n3c2c1. The van der Waals surface area contributed by atoms with E-state index >= 15 is 0 Å². The summed E-state index contributed by atoms with van der Waals surface area (Å²) in [5.74, 6) is 1.18. The first-order valence-corrected chi connectivity index (χ1v) is 9.74. The van der Waals surface area contributed by atoms with Gasteiger partial charge in [-0.3, -0.25) is 4.40 Å². The number of hydrogen-bond acceptors (Lipinski definition) is 4. The number of halogens is 2. The molecule has 0 spiro atoms. The Bertz CT molecular complexity index is 1130. The van der Waals surface area contributed by atoms with Gasteiger partial charge in [-0.2, -0.15) is 0 Å². The van der Waals surface area contributed by atoms with E-state index in [1.807, 2.05) is 28.7 Å². The molecule has 4 aromatic rings. The predicted octanol–water partition coefficient (Wildman–Crippen LogP) is 5.39. The topological polar surface area (TPSA) is 39.4 Å². The highest BCUT2D eigenvalue weighted by Gasteiger charge is 2.13. The van der Waals surface area contributed by atoms with Crippen molar-refractivity contribution >= 4 is 44.2 Å². The summed E-state index contributed by atoms with van der Waals surface area (Å²) in [5.41, 5.74) is 3.94. The molecule has 132 valence electrons. The predicted molar refractivity (Wildman–Crippen MR) is 105 cm³/mol. The third kappa shape index (κ3) is 3.05. The highest BCUT2D eigenvalue weighted by atomic mass is 79.9. The number of benzene rings is 2. The average Bonchev–Trinajstić information content (AvgIpc) is 3.03. The normalized spacial score (nSPS) is 11.4. The highest BCUT2D eigenvalue weighted by molar-refractivity contribution is 9.10. The highest BCUT2D eigenvalue weighted by Crippen LogP contribution is 2.31. The summed E-state index contributed by atoms with van der Waals surface area (Å²) in [6.45, 7) is 2.06. The van der Waals surface area contributed by atoms with Crippen molar-refractivity contribution < 1.29 is 9.13 Å². The number of thioether (sulfide) groups is 1. The molecule has 2 aromatic carbocycles. The molecule has 26 heavy (non-hydrogen) atoms. The van der Waals surface area contributed by atoms with Gasteiger partial charge in [0, 0.05) is 21.7 Å². The summed E-state index contributed by atoms with van der Waals surface area (Å²) in [6, 6.07) is 12.7. The molecule has 7 heteroatoms. The van der Waals surface area contributed by atoms with Gasteiger partial charge in [0.2, 0.25) is 0 Å². The summed E-state index contributed by atoms with van der Waals surface area (Å²) < 4.78 is 21.4. The Labute approximate surface area is 162 Å². The first-order valence-electron chi connectivity index (χ1n) is 7.96. The van der Waals surface area contributed by atoms with E-state index in [-0.39, 0.29) is 5.82 Å². The summed E-state index contributed by atoms with van der Waals surface area (Å²) in [7, 11) is 1.65. The summed E-state index contributed by atoms with van der Waals surface area (Å²) in [5, 5.41) is 10.6. The van der Waals surface area contributed by atoms with Gasteiger partial charge in [-0.05, 0) is 48.4 Å². The number of aromatic nitrogens is 3. The number of ether oxygens (including phenoxy) is 1. The Hall–Kier alpha value is -2.12. The minimum Gasteiger partial charge on any atom is -0.497 e. The van der Waals surface area contributed by atoms with Crippen LogP contribution in [0.1, 0.15) is 11.1 Å². The third-order valence-electron chi connectivity index (χ3n) is 4.25. The molecule has 0 N–H and O–H groups in total. The van der Waals surface area contributed by atoms with Crippen LogP contribution in [0, 0.1) is 12.7 Å². The second-order valence-corrected chi connectivity index (χ2v) is 7.71. The lowest BCUT2D eigenvalue weighted by atomic mass is 10.1. The Morgan fingerprint density at radius 2 is 2.00 bits per heavy atom. The number of methoxy groups -OCH3 is 1. The van der Waals surface area contributed by atoms with Crippen molar-refractivity contribution in [3.05, 3.63) is 63.9 Å². The van der Waals surface area contributed by atoms with Crippen LogP contribution in [0.2, 0.25) is 0 Å². The van der Waals surface area contributed by atoms with Crippen molar-refractivity contribution in [2.75, 3.05) is 7.11 Å². The molecular formula is C19H15BrFN3OS. The van der Waals surface area contributed by atoms with Crippen LogP contribution in [0.25, 0.3) is 16.6 Å². The van der Waals surface area contributed by atoms with Gasteiger partial charge in [-0.25, -0.2) is 4.39 Å². The molecule has 0 unspecified atom stereocenters. The first-order chi connectivity index (χ1) is 12.6. The van der Waals surface area contributed by atoms with Crippen LogP contribution in [-0.2, 0) is 5.75 Å². The zero-order valence-corrected chi connectivity index (χ0v) is 16.6. The van der Waals surface area contributed by atoms with Crippen molar-refractivity contribution in [1.29, 1.82) is 0 Å². The molecule has 0 fully saturated rings. The number of pyridine rings is 1. The Morgan fingerprint density at radius 3 is 2.77 bits per heavy atom. The summed E-state index contributed by atoms with van der Waals surface area (Å²) >= 11 is 4.98. The van der Waals surface area contributed by atoms with Crippen molar-refractivity contribution in [3.8, 4) is 5.75 Å². The molecule has 4 rings (SSSR count). The van der Waals surface area contributed by atoms with Crippen LogP contribution in [0.4, 0.5) is 4.39 Å². The number of fused-ring (bicyclic) bond motifs is 3. The quantitative estimate of drug-likeness (QED) is 0.405. The van der Waals surface area contributed by atoms with Gasteiger partial charge in [0.25, 0.3) is 0 Å². The van der Waals surface area contributed by atoms with Gasteiger partial charge in [0.1, 0.15) is 11.6 Å². The molecule has 0 radical (unpaired) electrons. The number of nitrogens with zero attached hydrogens (tertiary/aromatic N) is 3. The lowest BCUT2D eigenvalue weighted by Crippen LogP contribution is -1.95. The van der Waals surface area contributed by atoms with E-state index in [1.54, 1.807) is 24.9 Å². The summed E-state index contributed by atoms with van der Waals surface area (Å²) in [6.07, 6.45) is 0. The van der Waals surface area contributed by atoms with Gasteiger partial charge in [0.15, 0.2) is 10.8 Å². The van der Waals surface area contributed by atoms with Gasteiger partial charge in [-0.1, -0.05) is 33.8 Å². The smallest absolute Gasteiger partial charge is 0.196 e. The van der Waals surface area contributed by atoms with Gasteiger partial charge < -0.3 is 4.74 Å². The monoisotopic (exact) mass is 431 g/mol. The molecule has 0 aliphatic heterocycles. The minimum atomic E-state index is -0.257. The Morgan fingerprint density at radius 1 is 1.15 bits per heavy atom. The molecule has 4 nitrogen and oxygen atoms in total. The van der Waals surface area contributed by atoms with Crippen molar-refractivity contribution in [2.24, 2.45) is 0 Å². The maximum Gasteiger partial charge on any atom is 0.196 e. The molecule has 0 amide bonds. The standard InChI is InChI=1S/C19H15BrFN3OS/c1-11-7-18-22-23-19(26-10-12-3-4-13(21)8-16(12)20)24(18)17-9-14(25-2)5-6-15(11)17/h3-9H,10H2,1-2H3. The van der Waals surface area contributed by atoms with Gasteiger partial charge in [-0.15, -0.1) is 10.2 Å². The van der Waals surface area contributed by atoms with E-state index in [0.29, 0.717) is 5.75 Å². The molecule has 0 saturated carbocycles. The third-order valence-corrected chi connectivity index (χ3v) is 5.96. The van der Waals surface area contributed by atoms with Crippen LogP contribution < -0.4 is 4.74 Å². The van der Waals surface area contributed by atoms with E-state index in [9.17, 15) is 4.39 Å². The zero-order chi connectivity index (χ0) is 18.3. The molecular weight excluding hydrogens is 417 g/mol. The molecule has 2 heterocycles. The van der Waals surface area contributed by atoms with Crippen molar-refractivity contribution in [3.63, 3.8) is 0 Å². The average molecular weight is 432 g/mol. The van der Waals surface area contributed by atoms with Crippen molar-refractivity contribution in [2.45, 2.75) is 17.8 Å². The second-order valence-electron chi connectivity index (χ2n) is 5.91. The van der Waals surface area contributed by atoms with Crippen LogP contribution >= 0.6 is 27.7 Å². The lowest BCUT2D eigenvalue weighted by molar-refractivity contribution is 0.415. The van der Waals surface area contributed by atoms with E-state index in [4.69, 9.17) is 4.74 Å². The summed E-state index contributed by atoms with van der Waals surface area (Å²) in [4.78, 5) is 0. The molecule has 0 bridgehead atoms. The van der Waals surface area contributed by atoms with E-state index in [2.05, 4.69) is 33.1 Å². The number of hydrogen-bond donors (Lipinski definition) is 0. The second kappa shape index (κ2) is 6.89. The number of aryl methyl sites for hydroxylation is 1. The Kier molecular flexibility index (Phi) is 4.58. The van der Waals surface area contributed by atoms with Gasteiger partial charge in [0.05, 0.1) is 12.6 Å². The van der Waals surface area contributed by atoms with Crippen LogP contribution in [0.5, 0.6) is 5.75 Å². The fraction of sp³-hybridized carbons (Fsp3) is 0.158. The van der Waals surface area contributed by atoms with Crippen LogP contribution in [0.3, 0.4) is 0 Å². The van der Waals surface area contributed by atoms with Gasteiger partial charge >= 0.3 is 0 Å². The van der Waals surface area contributed by atoms with E-state index in [0.717, 1.165) is 43.1 Å². The van der Waals surface area contributed by atoms with Crippen LogP contribution in [-0.4, -0.2) is 21.7 Å². The van der Waals surface area contributed by atoms with E-state index in [1.165, 1.54) is 12.1 Å². The first kappa shape index (κ1) is 17.3. The van der Waals surface area contributed by atoms with Crippen LogP contribution in [0.15, 0.2) is 52.1 Å². The largest absolute Gasteiger partial charge is 0.497 e. The maximum absolute atomic E-state index is 13.3. The zero-order valence-electron chi connectivity index (χ0n) is 14.2. The molecule has 0 saturated heterocycles. The fourth-order valence-corrected chi connectivity index (χ4v) is 4.54. The number of rotatable bonds is 4. The lowest BCUT2D eigenvalue weighted by Gasteiger charge is -2.09. The minimum absolute atomic E-state index is 0.257. The maximum atomic E-state index is 13.3. The van der Waals surface area contributed by atoms with E-state index < -0.39 is 0 Å². The fourth-order valence-electron chi connectivity index (χ4n) is 2.90.